The molecule has 0 aromatic heterocycles. The molecule has 1 aliphatic carbocycles. The maximum atomic E-state index is 13.4. The Bertz CT molecular complexity index is 374. The summed E-state index contributed by atoms with van der Waals surface area (Å²) in [6, 6.07) is 3.65. The number of benzene rings is 1. The summed E-state index contributed by atoms with van der Waals surface area (Å²) in [5.41, 5.74) is 6.28. The van der Waals surface area contributed by atoms with Crippen molar-refractivity contribution in [1.29, 1.82) is 0 Å². The van der Waals surface area contributed by atoms with E-state index < -0.39 is 11.6 Å². The first kappa shape index (κ1) is 9.59. The molecule has 2 rings (SSSR count). The van der Waals surface area contributed by atoms with Crippen molar-refractivity contribution in [3.63, 3.8) is 0 Å². The van der Waals surface area contributed by atoms with E-state index in [1.54, 1.807) is 0 Å². The van der Waals surface area contributed by atoms with Gasteiger partial charge >= 0.3 is 0 Å². The van der Waals surface area contributed by atoms with Gasteiger partial charge in [-0.05, 0) is 17.0 Å². The van der Waals surface area contributed by atoms with Crippen LogP contribution in [0, 0.1) is 17.0 Å². The fourth-order valence-corrected chi connectivity index (χ4v) is 2.03. The summed E-state index contributed by atoms with van der Waals surface area (Å²) in [6.45, 7) is 3.98. The van der Waals surface area contributed by atoms with E-state index >= 15 is 0 Å². The molecule has 3 heteroatoms. The quantitative estimate of drug-likeness (QED) is 0.735. The number of halogens is 2. The molecule has 1 aromatic rings. The van der Waals surface area contributed by atoms with E-state index in [-0.39, 0.29) is 17.4 Å². The molecular formula is C11H13F2N. The third kappa shape index (κ3) is 1.23. The van der Waals surface area contributed by atoms with Crippen LogP contribution in [0.2, 0.25) is 0 Å². The average Bonchev–Trinajstić information content (AvgIpc) is 2.54. The lowest BCUT2D eigenvalue weighted by Gasteiger charge is -2.04. The highest BCUT2D eigenvalue weighted by molar-refractivity contribution is 5.35. The molecule has 1 aliphatic rings. The van der Waals surface area contributed by atoms with E-state index in [0.717, 1.165) is 6.07 Å². The summed E-state index contributed by atoms with van der Waals surface area (Å²) < 4.78 is 26.0. The average molecular weight is 197 g/mol. The zero-order chi connectivity index (χ0) is 10.5. The molecule has 0 amide bonds. The number of nitrogens with two attached hydrogens (primary N) is 1. The minimum atomic E-state index is -0.543. The van der Waals surface area contributed by atoms with Crippen molar-refractivity contribution < 1.29 is 8.78 Å². The monoisotopic (exact) mass is 197 g/mol. The maximum absolute atomic E-state index is 13.4. The lowest BCUT2D eigenvalue weighted by atomic mass is 10.0. The summed E-state index contributed by atoms with van der Waals surface area (Å²) in [5.74, 6) is -1.02. The van der Waals surface area contributed by atoms with Crippen molar-refractivity contribution in [3.8, 4) is 0 Å². The third-order valence-electron chi connectivity index (χ3n) is 3.21. The molecule has 1 saturated carbocycles. The number of hydrogen-bond donors (Lipinski definition) is 1. The van der Waals surface area contributed by atoms with E-state index in [1.807, 2.05) is 13.8 Å². The molecule has 0 saturated heterocycles. The first-order valence-corrected chi connectivity index (χ1v) is 4.65. The van der Waals surface area contributed by atoms with Gasteiger partial charge in [-0.3, -0.25) is 0 Å². The second-order valence-electron chi connectivity index (χ2n) is 4.49. The third-order valence-corrected chi connectivity index (χ3v) is 3.21. The van der Waals surface area contributed by atoms with Gasteiger partial charge in [0.25, 0.3) is 0 Å². The van der Waals surface area contributed by atoms with Gasteiger partial charge in [-0.2, -0.15) is 0 Å². The van der Waals surface area contributed by atoms with E-state index in [1.165, 1.54) is 12.1 Å². The van der Waals surface area contributed by atoms with Crippen molar-refractivity contribution in [2.75, 3.05) is 0 Å². The molecule has 1 nitrogen and oxygen atoms in total. The van der Waals surface area contributed by atoms with Gasteiger partial charge < -0.3 is 5.73 Å². The predicted molar refractivity (Wildman–Crippen MR) is 50.9 cm³/mol. The van der Waals surface area contributed by atoms with Crippen LogP contribution in [-0.2, 0) is 0 Å². The molecule has 0 aliphatic heterocycles. The van der Waals surface area contributed by atoms with Crippen molar-refractivity contribution in [1.82, 2.24) is 0 Å². The van der Waals surface area contributed by atoms with Gasteiger partial charge in [-0.15, -0.1) is 0 Å². The van der Waals surface area contributed by atoms with Crippen LogP contribution in [-0.4, -0.2) is 6.04 Å². The fraction of sp³-hybridized carbons (Fsp3) is 0.455. The van der Waals surface area contributed by atoms with Gasteiger partial charge in [0.15, 0.2) is 0 Å². The fourth-order valence-electron chi connectivity index (χ4n) is 2.03. The molecule has 2 N–H and O–H groups in total. The Kier molecular flexibility index (Phi) is 1.89. The highest BCUT2D eigenvalue weighted by Crippen LogP contribution is 2.57. The van der Waals surface area contributed by atoms with E-state index in [9.17, 15) is 8.78 Å². The first-order chi connectivity index (χ1) is 6.44. The zero-order valence-corrected chi connectivity index (χ0v) is 8.22. The van der Waals surface area contributed by atoms with Crippen LogP contribution in [0.3, 0.4) is 0 Å². The normalized spacial score (nSPS) is 28.9. The number of hydrogen-bond acceptors (Lipinski definition) is 1. The standard InChI is InChI=1S/C11H13F2N/c1-11(2)9(10(11)14)7-4-3-6(12)5-8(7)13/h3-5,9-10H,14H2,1-2H3. The summed E-state index contributed by atoms with van der Waals surface area (Å²) in [4.78, 5) is 0. The van der Waals surface area contributed by atoms with Gasteiger partial charge in [-0.1, -0.05) is 19.9 Å². The Morgan fingerprint density at radius 3 is 2.29 bits per heavy atom. The van der Waals surface area contributed by atoms with Crippen molar-refractivity contribution >= 4 is 0 Å². The maximum Gasteiger partial charge on any atom is 0.129 e. The lowest BCUT2D eigenvalue weighted by molar-refractivity contribution is 0.554. The van der Waals surface area contributed by atoms with E-state index in [0.29, 0.717) is 5.56 Å². The van der Waals surface area contributed by atoms with Gasteiger partial charge in [0.1, 0.15) is 11.6 Å². The molecule has 0 radical (unpaired) electrons. The summed E-state index contributed by atoms with van der Waals surface area (Å²) in [7, 11) is 0. The molecule has 76 valence electrons. The second-order valence-corrected chi connectivity index (χ2v) is 4.49. The van der Waals surface area contributed by atoms with Gasteiger partial charge in [0.2, 0.25) is 0 Å². The summed E-state index contributed by atoms with van der Waals surface area (Å²) >= 11 is 0. The SMILES string of the molecule is CC1(C)C(N)C1c1ccc(F)cc1F. The highest BCUT2D eigenvalue weighted by atomic mass is 19.1. The molecule has 14 heavy (non-hydrogen) atoms. The molecule has 0 bridgehead atoms. The van der Waals surface area contributed by atoms with Gasteiger partial charge in [0.05, 0.1) is 0 Å². The van der Waals surface area contributed by atoms with Crippen LogP contribution in [0.15, 0.2) is 18.2 Å². The second kappa shape index (κ2) is 2.76. The summed E-state index contributed by atoms with van der Waals surface area (Å²) in [6.07, 6.45) is 0. The Morgan fingerprint density at radius 1 is 1.29 bits per heavy atom. The van der Waals surface area contributed by atoms with Crippen LogP contribution in [0.1, 0.15) is 25.3 Å². The minimum absolute atomic E-state index is 0.0168. The summed E-state index contributed by atoms with van der Waals surface area (Å²) in [5, 5.41) is 0. The van der Waals surface area contributed by atoms with Crippen LogP contribution in [0.25, 0.3) is 0 Å². The topological polar surface area (TPSA) is 26.0 Å². The van der Waals surface area contributed by atoms with E-state index in [4.69, 9.17) is 5.73 Å². The van der Waals surface area contributed by atoms with Crippen molar-refractivity contribution in [2.45, 2.75) is 25.8 Å². The van der Waals surface area contributed by atoms with Crippen LogP contribution < -0.4 is 5.73 Å². The molecule has 1 aromatic carbocycles. The Morgan fingerprint density at radius 2 is 1.86 bits per heavy atom. The minimum Gasteiger partial charge on any atom is -0.327 e. The molecule has 0 spiro atoms. The van der Waals surface area contributed by atoms with E-state index in [2.05, 4.69) is 0 Å². The van der Waals surface area contributed by atoms with Crippen LogP contribution in [0.4, 0.5) is 8.78 Å². The van der Waals surface area contributed by atoms with Crippen molar-refractivity contribution in [3.05, 3.63) is 35.4 Å². The molecule has 2 unspecified atom stereocenters. The molecule has 2 atom stereocenters. The first-order valence-electron chi connectivity index (χ1n) is 4.65. The Labute approximate surface area is 81.9 Å². The van der Waals surface area contributed by atoms with Crippen molar-refractivity contribution in [2.24, 2.45) is 11.1 Å². The Hall–Kier alpha value is -0.960. The number of rotatable bonds is 1. The largest absolute Gasteiger partial charge is 0.327 e. The van der Waals surface area contributed by atoms with Gasteiger partial charge in [-0.25, -0.2) is 8.78 Å². The molecule has 0 heterocycles. The zero-order valence-electron chi connectivity index (χ0n) is 8.22. The smallest absolute Gasteiger partial charge is 0.129 e. The van der Waals surface area contributed by atoms with Gasteiger partial charge in [0, 0.05) is 18.0 Å². The Balaban J connectivity index is 2.36. The van der Waals surface area contributed by atoms with Crippen LogP contribution in [0.5, 0.6) is 0 Å². The molecule has 1 fully saturated rings. The lowest BCUT2D eigenvalue weighted by Crippen LogP contribution is -2.06. The predicted octanol–water partition coefficient (Wildman–Crippen LogP) is 2.42. The van der Waals surface area contributed by atoms with Crippen LogP contribution >= 0.6 is 0 Å². The highest BCUT2D eigenvalue weighted by Gasteiger charge is 2.56. The molecular weight excluding hydrogens is 184 g/mol.